The first-order valence-electron chi connectivity index (χ1n) is 10.0. The van der Waals surface area contributed by atoms with E-state index in [1.54, 1.807) is 17.3 Å². The fourth-order valence-corrected chi connectivity index (χ4v) is 4.04. The van der Waals surface area contributed by atoms with Crippen molar-refractivity contribution in [2.24, 2.45) is 17.8 Å². The van der Waals surface area contributed by atoms with E-state index in [1.807, 2.05) is 20.8 Å². The van der Waals surface area contributed by atoms with E-state index in [1.165, 1.54) is 25.4 Å². The average Bonchev–Trinajstić information content (AvgIpc) is 3.17. The highest BCUT2D eigenvalue weighted by Gasteiger charge is 2.33. The van der Waals surface area contributed by atoms with Gasteiger partial charge in [0.1, 0.15) is 5.01 Å². The predicted octanol–water partition coefficient (Wildman–Crippen LogP) is 4.09. The van der Waals surface area contributed by atoms with Crippen LogP contribution in [0.15, 0.2) is 5.38 Å². The average molecular weight is 427 g/mol. The van der Waals surface area contributed by atoms with Gasteiger partial charge >= 0.3 is 11.9 Å². The molecule has 7 nitrogen and oxygen atoms in total. The zero-order valence-electron chi connectivity index (χ0n) is 18.7. The minimum absolute atomic E-state index is 0.0778. The molecule has 0 aromatic carbocycles. The lowest BCUT2D eigenvalue weighted by Crippen LogP contribution is -2.45. The van der Waals surface area contributed by atoms with Crippen LogP contribution in [0.25, 0.3) is 0 Å². The summed E-state index contributed by atoms with van der Waals surface area (Å²) in [6, 6.07) is -0.149. The SMILES string of the molecule is CC[C@H](C)[C@H](C)C(=O)N(C)[C@H](C[C@@H](OC(C)=O)c1nc(C(=O)OC)cs1)C(C)C. The molecule has 164 valence electrons. The van der Waals surface area contributed by atoms with Gasteiger partial charge in [-0.05, 0) is 11.8 Å². The van der Waals surface area contributed by atoms with Crippen molar-refractivity contribution < 1.29 is 23.9 Å². The van der Waals surface area contributed by atoms with Gasteiger partial charge in [-0.3, -0.25) is 9.59 Å². The third-order valence-corrected chi connectivity index (χ3v) is 6.39. The number of aromatic nitrogens is 1. The summed E-state index contributed by atoms with van der Waals surface area (Å²) in [4.78, 5) is 42.5. The molecule has 0 aliphatic carbocycles. The van der Waals surface area contributed by atoms with E-state index in [9.17, 15) is 14.4 Å². The molecular weight excluding hydrogens is 392 g/mol. The molecule has 0 N–H and O–H groups in total. The van der Waals surface area contributed by atoms with Crippen molar-refractivity contribution in [3.05, 3.63) is 16.1 Å². The predicted molar refractivity (Wildman–Crippen MR) is 113 cm³/mol. The highest BCUT2D eigenvalue weighted by atomic mass is 32.1. The normalized spacial score (nSPS) is 15.3. The molecule has 4 atom stereocenters. The standard InChI is InChI=1S/C21H34N2O5S/c1-9-13(4)14(5)20(25)23(7)17(12(2)3)10-18(28-15(6)24)19-22-16(11-29-19)21(26)27-8/h11-14,17-18H,9-10H2,1-8H3/t13-,14-,17+,18+/m0/s1. The lowest BCUT2D eigenvalue weighted by Gasteiger charge is -2.36. The molecule has 1 amide bonds. The maximum atomic E-state index is 13.0. The van der Waals surface area contributed by atoms with Gasteiger partial charge in [0.15, 0.2) is 11.8 Å². The molecule has 0 aliphatic rings. The van der Waals surface area contributed by atoms with Crippen LogP contribution in [0.1, 0.15) is 76.0 Å². The molecule has 0 bridgehead atoms. The van der Waals surface area contributed by atoms with E-state index in [4.69, 9.17) is 9.47 Å². The van der Waals surface area contributed by atoms with Gasteiger partial charge in [0.25, 0.3) is 0 Å². The summed E-state index contributed by atoms with van der Waals surface area (Å²) in [5.74, 6) is -0.563. The van der Waals surface area contributed by atoms with Crippen LogP contribution in [0.5, 0.6) is 0 Å². The molecule has 8 heteroatoms. The fraction of sp³-hybridized carbons (Fsp3) is 0.714. The van der Waals surface area contributed by atoms with E-state index in [2.05, 4.69) is 18.8 Å². The highest BCUT2D eigenvalue weighted by Crippen LogP contribution is 2.31. The Kier molecular flexibility index (Phi) is 9.76. The summed E-state index contributed by atoms with van der Waals surface area (Å²) in [7, 11) is 3.09. The van der Waals surface area contributed by atoms with E-state index >= 15 is 0 Å². The van der Waals surface area contributed by atoms with E-state index in [0.29, 0.717) is 11.4 Å². The molecule has 0 saturated carbocycles. The van der Waals surface area contributed by atoms with Gasteiger partial charge in [-0.2, -0.15) is 0 Å². The van der Waals surface area contributed by atoms with Crippen LogP contribution < -0.4 is 0 Å². The molecule has 0 radical (unpaired) electrons. The van der Waals surface area contributed by atoms with Crippen molar-refractivity contribution in [2.75, 3.05) is 14.2 Å². The second-order valence-electron chi connectivity index (χ2n) is 7.83. The minimum Gasteiger partial charge on any atom is -0.464 e. The molecular formula is C21H34N2O5S. The van der Waals surface area contributed by atoms with Crippen LogP contribution in [0.3, 0.4) is 0 Å². The Morgan fingerprint density at radius 3 is 2.31 bits per heavy atom. The first-order valence-corrected chi connectivity index (χ1v) is 10.9. The summed E-state index contributed by atoms with van der Waals surface area (Å²) in [6.45, 7) is 11.5. The lowest BCUT2D eigenvalue weighted by molar-refractivity contribution is -0.149. The number of amides is 1. The van der Waals surface area contributed by atoms with Crippen LogP contribution in [-0.2, 0) is 19.1 Å². The van der Waals surface area contributed by atoms with Crippen molar-refractivity contribution in [1.82, 2.24) is 9.88 Å². The number of ether oxygens (including phenoxy) is 2. The first kappa shape index (κ1) is 25.1. The maximum absolute atomic E-state index is 13.0. The Bertz CT molecular complexity index is 703. The first-order chi connectivity index (χ1) is 13.5. The van der Waals surface area contributed by atoms with Gasteiger partial charge in [-0.25, -0.2) is 9.78 Å². The molecule has 1 aromatic rings. The number of hydrogen-bond acceptors (Lipinski definition) is 7. The molecule has 0 aliphatic heterocycles. The quantitative estimate of drug-likeness (QED) is 0.524. The van der Waals surface area contributed by atoms with Crippen molar-refractivity contribution in [3.63, 3.8) is 0 Å². The highest BCUT2D eigenvalue weighted by molar-refractivity contribution is 7.09. The molecule has 1 rings (SSSR count). The molecule has 0 fully saturated rings. The zero-order valence-corrected chi connectivity index (χ0v) is 19.5. The Hall–Kier alpha value is -1.96. The third-order valence-electron chi connectivity index (χ3n) is 5.46. The summed E-state index contributed by atoms with van der Waals surface area (Å²) in [6.07, 6.45) is 0.692. The van der Waals surface area contributed by atoms with Crippen LogP contribution in [0.4, 0.5) is 0 Å². The number of methoxy groups -OCH3 is 1. The molecule has 1 aromatic heterocycles. The van der Waals surface area contributed by atoms with Crippen LogP contribution in [0, 0.1) is 17.8 Å². The Labute approximate surface area is 177 Å². The number of hydrogen-bond donors (Lipinski definition) is 0. The summed E-state index contributed by atoms with van der Waals surface area (Å²) in [5.41, 5.74) is 0.181. The van der Waals surface area contributed by atoms with Crippen molar-refractivity contribution in [1.29, 1.82) is 0 Å². The second kappa shape index (κ2) is 11.3. The number of thiazole rings is 1. The van der Waals surface area contributed by atoms with Gasteiger partial charge in [-0.1, -0.05) is 41.0 Å². The van der Waals surface area contributed by atoms with E-state index < -0.39 is 18.0 Å². The van der Waals surface area contributed by atoms with Gasteiger partial charge in [-0.15, -0.1) is 11.3 Å². The van der Waals surface area contributed by atoms with E-state index in [-0.39, 0.29) is 35.4 Å². The number of carbonyl (C=O) groups is 3. The zero-order chi connectivity index (χ0) is 22.3. The summed E-state index contributed by atoms with van der Waals surface area (Å²) in [5, 5.41) is 2.10. The Morgan fingerprint density at radius 2 is 1.83 bits per heavy atom. The summed E-state index contributed by atoms with van der Waals surface area (Å²) < 4.78 is 10.2. The van der Waals surface area contributed by atoms with Crippen LogP contribution >= 0.6 is 11.3 Å². The summed E-state index contributed by atoms with van der Waals surface area (Å²) >= 11 is 1.24. The Morgan fingerprint density at radius 1 is 1.21 bits per heavy atom. The maximum Gasteiger partial charge on any atom is 0.357 e. The molecule has 1 heterocycles. The topological polar surface area (TPSA) is 85.8 Å². The van der Waals surface area contributed by atoms with Crippen molar-refractivity contribution in [2.45, 2.75) is 66.5 Å². The largest absolute Gasteiger partial charge is 0.464 e. The van der Waals surface area contributed by atoms with Gasteiger partial charge in [0.2, 0.25) is 5.91 Å². The minimum atomic E-state index is -0.641. The molecule has 29 heavy (non-hydrogen) atoms. The van der Waals surface area contributed by atoms with Crippen molar-refractivity contribution in [3.8, 4) is 0 Å². The lowest BCUT2D eigenvalue weighted by atomic mass is 9.90. The monoisotopic (exact) mass is 426 g/mol. The van der Waals surface area contributed by atoms with Crippen LogP contribution in [0.2, 0.25) is 0 Å². The van der Waals surface area contributed by atoms with Gasteiger partial charge in [0.05, 0.1) is 7.11 Å². The number of nitrogens with zero attached hydrogens (tertiary/aromatic N) is 2. The van der Waals surface area contributed by atoms with Crippen molar-refractivity contribution >= 4 is 29.2 Å². The second-order valence-corrected chi connectivity index (χ2v) is 8.72. The molecule has 0 saturated heterocycles. The third kappa shape index (κ3) is 6.80. The number of carbonyl (C=O) groups excluding carboxylic acids is 3. The van der Waals surface area contributed by atoms with Gasteiger partial charge in [0, 0.05) is 37.7 Å². The number of esters is 2. The number of rotatable bonds is 10. The van der Waals surface area contributed by atoms with Gasteiger partial charge < -0.3 is 14.4 Å². The Balaban J connectivity index is 3.12. The van der Waals surface area contributed by atoms with E-state index in [0.717, 1.165) is 6.42 Å². The molecule has 0 unspecified atom stereocenters. The van der Waals surface area contributed by atoms with Crippen LogP contribution in [-0.4, -0.2) is 47.9 Å². The fourth-order valence-electron chi connectivity index (χ4n) is 3.21. The molecule has 0 spiro atoms. The smallest absolute Gasteiger partial charge is 0.357 e.